The van der Waals surface area contributed by atoms with E-state index in [1.165, 1.54) is 6.33 Å². The van der Waals surface area contributed by atoms with E-state index in [1.807, 2.05) is 62.1 Å². The van der Waals surface area contributed by atoms with Gasteiger partial charge in [0, 0.05) is 55.8 Å². The molecule has 3 fully saturated rings. The normalized spacial score (nSPS) is 23.1. The molecular formula is C38H53N9O6. The van der Waals surface area contributed by atoms with E-state index in [-0.39, 0.29) is 11.9 Å². The van der Waals surface area contributed by atoms with Gasteiger partial charge in [-0.2, -0.15) is 5.10 Å². The first-order valence-corrected chi connectivity index (χ1v) is 18.4. The van der Waals surface area contributed by atoms with Crippen molar-refractivity contribution in [2.45, 2.75) is 76.0 Å². The summed E-state index contributed by atoms with van der Waals surface area (Å²) in [4.78, 5) is 30.8. The summed E-state index contributed by atoms with van der Waals surface area (Å²) in [5, 5.41) is 9.04. The fourth-order valence-corrected chi connectivity index (χ4v) is 7.84. The number of nitrogens with one attached hydrogen (secondary N) is 1. The molecule has 7 rings (SSSR count). The van der Waals surface area contributed by atoms with Crippen LogP contribution in [0.25, 0.3) is 22.3 Å². The van der Waals surface area contributed by atoms with Crippen molar-refractivity contribution in [2.75, 3.05) is 66.9 Å². The number of fused-ring (bicyclic) bond motifs is 2. The average Bonchev–Trinajstić information content (AvgIpc) is 3.90. The van der Waals surface area contributed by atoms with Crippen LogP contribution in [0.15, 0.2) is 43.0 Å². The Labute approximate surface area is 311 Å². The fourth-order valence-electron chi connectivity index (χ4n) is 7.84. The van der Waals surface area contributed by atoms with Crippen LogP contribution < -0.4 is 14.8 Å². The second-order valence-electron chi connectivity index (χ2n) is 15.0. The molecule has 15 nitrogen and oxygen atoms in total. The Morgan fingerprint density at radius 1 is 1.04 bits per heavy atom. The summed E-state index contributed by atoms with van der Waals surface area (Å²) in [5.74, 6) is 1.06. The average molecular weight is 732 g/mol. The lowest BCUT2D eigenvalue weighted by atomic mass is 10.0. The van der Waals surface area contributed by atoms with Gasteiger partial charge in [0.2, 0.25) is 0 Å². The Bertz CT molecular complexity index is 1900. The smallest absolute Gasteiger partial charge is 0.254 e. The molecule has 286 valence electrons. The summed E-state index contributed by atoms with van der Waals surface area (Å²) in [5.41, 5.74) is 3.11. The molecule has 1 aromatic carbocycles. The van der Waals surface area contributed by atoms with Crippen molar-refractivity contribution in [2.24, 2.45) is 7.05 Å². The van der Waals surface area contributed by atoms with Crippen LogP contribution in [-0.2, 0) is 32.6 Å². The minimum absolute atomic E-state index is 0.0519. The number of likely N-dealkylation sites (tertiary alicyclic amines) is 1. The number of amides is 1. The third-order valence-corrected chi connectivity index (χ3v) is 10.5. The van der Waals surface area contributed by atoms with E-state index in [2.05, 4.69) is 41.2 Å². The quantitative estimate of drug-likeness (QED) is 0.215. The molecule has 3 aliphatic rings. The summed E-state index contributed by atoms with van der Waals surface area (Å²) in [7, 11) is 11.4. The van der Waals surface area contributed by atoms with Crippen molar-refractivity contribution >= 4 is 22.8 Å². The number of carbonyl (C=O) groups excluding carboxylic acids is 1. The molecule has 0 radical (unpaired) electrons. The Morgan fingerprint density at radius 3 is 2.51 bits per heavy atom. The maximum atomic E-state index is 14.8. The lowest BCUT2D eigenvalue weighted by molar-refractivity contribution is -0.201. The van der Waals surface area contributed by atoms with E-state index >= 15 is 0 Å². The van der Waals surface area contributed by atoms with E-state index in [1.54, 1.807) is 18.9 Å². The van der Waals surface area contributed by atoms with Gasteiger partial charge in [-0.05, 0) is 92.1 Å². The zero-order valence-electron chi connectivity index (χ0n) is 32.1. The number of hydrogen-bond donors (Lipinski definition) is 1. The summed E-state index contributed by atoms with van der Waals surface area (Å²) >= 11 is 0. The van der Waals surface area contributed by atoms with Crippen LogP contribution in [0.4, 0.5) is 5.82 Å². The van der Waals surface area contributed by atoms with Crippen molar-refractivity contribution in [3.63, 3.8) is 0 Å². The largest absolute Gasteiger partial charge is 0.497 e. The molecule has 6 heterocycles. The standard InChI is InChI=1S/C38H53N9O6/c1-38(2)52-31-32(36(48)46(16-9-15-43(3)4)25-12-17-44(5)18-13-25)51-37(33(31)53-38)47-22-27(28-14-19-45(6)42-28)30-34(40-23-41-35(30)47)39-21-24-10-11-26(49-7)20-29(24)50-8/h10-11,14,19-20,22-23,25,31-33,37H,9,12-13,15-18,21H2,1-8H3,(H,39,40,41)/t31-,32+,33-,37-/m1/s1. The molecule has 4 atom stereocenters. The first-order chi connectivity index (χ1) is 25.5. The van der Waals surface area contributed by atoms with E-state index < -0.39 is 30.3 Å². The first kappa shape index (κ1) is 37.1. The number of aromatic nitrogens is 5. The SMILES string of the molecule is COc1ccc(CNc2ncnc3c2c(-c2ccn(C)n2)cn3[C@@H]2O[C@H](C(=O)N(CCCN(C)C)C3CCN(C)CC3)[C@H]3OC(C)(C)O[C@H]32)c(OC)c1. The molecule has 0 unspecified atom stereocenters. The minimum atomic E-state index is -0.912. The van der Waals surface area contributed by atoms with Gasteiger partial charge in [-0.15, -0.1) is 0 Å². The number of benzene rings is 1. The number of piperidine rings is 1. The predicted molar refractivity (Wildman–Crippen MR) is 200 cm³/mol. The molecule has 0 saturated carbocycles. The monoisotopic (exact) mass is 731 g/mol. The summed E-state index contributed by atoms with van der Waals surface area (Å²) in [6.07, 6.45) is 5.38. The highest BCUT2D eigenvalue weighted by atomic mass is 16.8. The molecular weight excluding hydrogens is 678 g/mol. The Morgan fingerprint density at radius 2 is 1.81 bits per heavy atom. The number of rotatable bonds is 13. The molecule has 4 aromatic rings. The van der Waals surface area contributed by atoms with Gasteiger partial charge in [-0.3, -0.25) is 9.48 Å². The summed E-state index contributed by atoms with van der Waals surface area (Å²) < 4.78 is 34.7. The van der Waals surface area contributed by atoms with E-state index in [0.717, 1.165) is 61.1 Å². The highest BCUT2D eigenvalue weighted by molar-refractivity contribution is 6.00. The molecule has 3 aromatic heterocycles. The van der Waals surface area contributed by atoms with Gasteiger partial charge in [0.15, 0.2) is 18.1 Å². The zero-order valence-corrected chi connectivity index (χ0v) is 32.1. The number of hydrogen-bond acceptors (Lipinski definition) is 12. The molecule has 15 heteroatoms. The fraction of sp³-hybridized carbons (Fsp3) is 0.579. The highest BCUT2D eigenvalue weighted by Gasteiger charge is 2.59. The molecule has 3 aliphatic heterocycles. The van der Waals surface area contributed by atoms with Crippen molar-refractivity contribution in [1.29, 1.82) is 0 Å². The molecule has 3 saturated heterocycles. The molecule has 0 spiro atoms. The van der Waals surface area contributed by atoms with Crippen LogP contribution in [0.5, 0.6) is 11.5 Å². The van der Waals surface area contributed by atoms with Crippen LogP contribution in [0.2, 0.25) is 0 Å². The summed E-state index contributed by atoms with van der Waals surface area (Å²) in [6.45, 7) is 7.63. The predicted octanol–water partition coefficient (Wildman–Crippen LogP) is 3.75. The molecule has 53 heavy (non-hydrogen) atoms. The highest BCUT2D eigenvalue weighted by Crippen LogP contribution is 2.46. The van der Waals surface area contributed by atoms with Crippen molar-refractivity contribution in [3.05, 3.63) is 48.5 Å². The van der Waals surface area contributed by atoms with Crippen LogP contribution in [0, 0.1) is 0 Å². The molecule has 0 aliphatic carbocycles. The van der Waals surface area contributed by atoms with Gasteiger partial charge in [0.25, 0.3) is 5.91 Å². The number of anilines is 1. The molecule has 1 N–H and O–H groups in total. The zero-order chi connectivity index (χ0) is 37.4. The van der Waals surface area contributed by atoms with Gasteiger partial charge in [-0.25, -0.2) is 9.97 Å². The summed E-state index contributed by atoms with van der Waals surface area (Å²) in [6, 6.07) is 7.81. The third-order valence-electron chi connectivity index (χ3n) is 10.5. The van der Waals surface area contributed by atoms with Crippen LogP contribution >= 0.6 is 0 Å². The van der Waals surface area contributed by atoms with Gasteiger partial charge in [0.1, 0.15) is 41.5 Å². The van der Waals surface area contributed by atoms with Gasteiger partial charge in [0.05, 0.1) is 25.3 Å². The number of carbonyl (C=O) groups is 1. The van der Waals surface area contributed by atoms with Crippen molar-refractivity contribution in [3.8, 4) is 22.8 Å². The maximum Gasteiger partial charge on any atom is 0.254 e. The lowest BCUT2D eigenvalue weighted by Crippen LogP contribution is -2.53. The van der Waals surface area contributed by atoms with E-state index in [9.17, 15) is 4.79 Å². The van der Waals surface area contributed by atoms with Crippen LogP contribution in [-0.4, -0.2) is 137 Å². The second-order valence-corrected chi connectivity index (χ2v) is 15.0. The van der Waals surface area contributed by atoms with Crippen molar-refractivity contribution < 1.29 is 28.5 Å². The van der Waals surface area contributed by atoms with Gasteiger partial charge in [-0.1, -0.05) is 0 Å². The second kappa shape index (κ2) is 15.2. The molecule has 1 amide bonds. The number of aryl methyl sites for hydroxylation is 1. The third kappa shape index (κ3) is 7.58. The first-order valence-electron chi connectivity index (χ1n) is 18.4. The Kier molecular flexibility index (Phi) is 10.6. The Balaban J connectivity index is 1.25. The van der Waals surface area contributed by atoms with Gasteiger partial charge >= 0.3 is 0 Å². The van der Waals surface area contributed by atoms with E-state index in [0.29, 0.717) is 36.1 Å². The van der Waals surface area contributed by atoms with Crippen LogP contribution in [0.1, 0.15) is 44.9 Å². The molecule has 0 bridgehead atoms. The maximum absolute atomic E-state index is 14.8. The van der Waals surface area contributed by atoms with Crippen molar-refractivity contribution in [1.82, 2.24) is 39.0 Å². The topological polar surface area (TPSA) is 134 Å². The van der Waals surface area contributed by atoms with Gasteiger partial charge < -0.3 is 48.3 Å². The number of nitrogens with zero attached hydrogens (tertiary/aromatic N) is 8. The minimum Gasteiger partial charge on any atom is -0.497 e. The van der Waals surface area contributed by atoms with E-state index in [4.69, 9.17) is 38.8 Å². The number of ether oxygens (including phenoxy) is 5. The lowest BCUT2D eigenvalue weighted by Gasteiger charge is -2.39. The Hall–Kier alpha value is -4.28. The number of methoxy groups -OCH3 is 2. The van der Waals surface area contributed by atoms with Crippen LogP contribution in [0.3, 0.4) is 0 Å².